The lowest BCUT2D eigenvalue weighted by Gasteiger charge is -2.15. The molecule has 0 heterocycles. The molecule has 0 saturated heterocycles. The maximum Gasteiger partial charge on any atom is 0.167 e. The quantitative estimate of drug-likeness (QED) is 0.813. The van der Waals surface area contributed by atoms with Gasteiger partial charge in [-0.3, -0.25) is 0 Å². The highest BCUT2D eigenvalue weighted by Crippen LogP contribution is 2.36. The first-order valence-electron chi connectivity index (χ1n) is 6.56. The van der Waals surface area contributed by atoms with Gasteiger partial charge in [-0.25, -0.2) is 4.39 Å². The van der Waals surface area contributed by atoms with E-state index in [1.54, 1.807) is 12.1 Å². The van der Waals surface area contributed by atoms with Crippen molar-refractivity contribution in [1.29, 1.82) is 0 Å². The number of benzene rings is 2. The summed E-state index contributed by atoms with van der Waals surface area (Å²) in [5.74, 6) is 0.340. The minimum atomic E-state index is -0.524. The molecule has 0 saturated carbocycles. The van der Waals surface area contributed by atoms with E-state index in [9.17, 15) is 4.39 Å². The maximum atomic E-state index is 13.8. The Bertz CT molecular complexity index is 659. The molecule has 5 heteroatoms. The van der Waals surface area contributed by atoms with Crippen molar-refractivity contribution in [1.82, 2.24) is 0 Å². The molecule has 2 rings (SSSR count). The Morgan fingerprint density at radius 1 is 1.10 bits per heavy atom. The molecule has 0 amide bonds. The minimum absolute atomic E-state index is 0.0953. The van der Waals surface area contributed by atoms with Crippen molar-refractivity contribution in [3.05, 3.63) is 46.7 Å². The number of anilines is 1. The number of rotatable bonds is 4. The molecule has 0 spiro atoms. The van der Waals surface area contributed by atoms with E-state index in [1.165, 1.54) is 12.1 Å². The van der Waals surface area contributed by atoms with Crippen LogP contribution in [0.25, 0.3) is 0 Å². The minimum Gasteiger partial charge on any atom is -0.488 e. The highest BCUT2D eigenvalue weighted by molar-refractivity contribution is 6.32. The van der Waals surface area contributed by atoms with Crippen LogP contribution in [0.4, 0.5) is 10.1 Å². The van der Waals surface area contributed by atoms with Gasteiger partial charge in [0.2, 0.25) is 0 Å². The fraction of sp³-hybridized carbons (Fsp3) is 0.250. The van der Waals surface area contributed by atoms with E-state index in [0.717, 1.165) is 5.56 Å². The van der Waals surface area contributed by atoms with Crippen molar-refractivity contribution in [3.8, 4) is 17.2 Å². The molecule has 112 valence electrons. The molecule has 0 bridgehead atoms. The highest BCUT2D eigenvalue weighted by Gasteiger charge is 2.13. The summed E-state index contributed by atoms with van der Waals surface area (Å²) in [5.41, 5.74) is 6.97. The summed E-state index contributed by atoms with van der Waals surface area (Å²) in [7, 11) is 0. The van der Waals surface area contributed by atoms with Gasteiger partial charge in [-0.2, -0.15) is 0 Å². The smallest absolute Gasteiger partial charge is 0.167 e. The number of aryl methyl sites for hydroxylation is 1. The third-order valence-corrected chi connectivity index (χ3v) is 3.05. The number of nitrogens with two attached hydrogens (primary N) is 1. The van der Waals surface area contributed by atoms with E-state index in [0.29, 0.717) is 16.5 Å². The zero-order chi connectivity index (χ0) is 15.6. The van der Waals surface area contributed by atoms with E-state index >= 15 is 0 Å². The van der Waals surface area contributed by atoms with E-state index in [2.05, 4.69) is 0 Å². The molecule has 0 aliphatic rings. The summed E-state index contributed by atoms with van der Waals surface area (Å²) >= 11 is 6.08. The first-order chi connectivity index (χ1) is 9.86. The van der Waals surface area contributed by atoms with Crippen molar-refractivity contribution in [3.63, 3.8) is 0 Å². The molecular weight excluding hydrogens is 293 g/mol. The molecule has 0 fully saturated rings. The lowest BCUT2D eigenvalue weighted by Crippen LogP contribution is -2.07. The Labute approximate surface area is 128 Å². The molecule has 2 aromatic carbocycles. The van der Waals surface area contributed by atoms with Crippen molar-refractivity contribution in [2.45, 2.75) is 26.9 Å². The zero-order valence-electron chi connectivity index (χ0n) is 12.1. The van der Waals surface area contributed by atoms with Gasteiger partial charge in [-0.05, 0) is 38.5 Å². The number of nitrogen functional groups attached to an aromatic ring is 1. The van der Waals surface area contributed by atoms with Gasteiger partial charge >= 0.3 is 0 Å². The van der Waals surface area contributed by atoms with Gasteiger partial charge in [0.05, 0.1) is 16.8 Å². The first kappa shape index (κ1) is 15.4. The summed E-state index contributed by atoms with van der Waals surface area (Å²) in [4.78, 5) is 0. The number of hydrogen-bond donors (Lipinski definition) is 1. The van der Waals surface area contributed by atoms with Gasteiger partial charge < -0.3 is 15.2 Å². The average molecular weight is 310 g/mol. The Hall–Kier alpha value is -1.94. The van der Waals surface area contributed by atoms with Gasteiger partial charge in [0, 0.05) is 12.1 Å². The van der Waals surface area contributed by atoms with Crippen molar-refractivity contribution >= 4 is 17.3 Å². The summed E-state index contributed by atoms with van der Waals surface area (Å²) in [5, 5.41) is 0.454. The molecular formula is C16H17ClFNO2. The Morgan fingerprint density at radius 2 is 1.81 bits per heavy atom. The molecule has 0 unspecified atom stereocenters. The highest BCUT2D eigenvalue weighted by atomic mass is 35.5. The van der Waals surface area contributed by atoms with Crippen LogP contribution in [-0.2, 0) is 0 Å². The third kappa shape index (κ3) is 3.79. The second-order valence-electron chi connectivity index (χ2n) is 5.02. The summed E-state index contributed by atoms with van der Waals surface area (Å²) < 4.78 is 24.9. The van der Waals surface area contributed by atoms with Gasteiger partial charge in [-0.15, -0.1) is 0 Å². The van der Waals surface area contributed by atoms with E-state index in [-0.39, 0.29) is 17.5 Å². The van der Waals surface area contributed by atoms with Crippen LogP contribution in [-0.4, -0.2) is 6.10 Å². The fourth-order valence-electron chi connectivity index (χ4n) is 1.79. The van der Waals surface area contributed by atoms with Gasteiger partial charge in [0.25, 0.3) is 0 Å². The molecule has 3 nitrogen and oxygen atoms in total. The molecule has 0 atom stereocenters. The van der Waals surface area contributed by atoms with Crippen LogP contribution < -0.4 is 15.2 Å². The van der Waals surface area contributed by atoms with Crippen LogP contribution in [0.3, 0.4) is 0 Å². The van der Waals surface area contributed by atoms with Crippen LogP contribution in [0.5, 0.6) is 17.2 Å². The standard InChI is InChI=1S/C16H17ClFNO2/c1-9(2)20-15-8-16(13(19)7-12(15)18)21-14-6-10(3)4-5-11(14)17/h4-9H,19H2,1-3H3. The van der Waals surface area contributed by atoms with Crippen LogP contribution in [0, 0.1) is 12.7 Å². The second-order valence-corrected chi connectivity index (χ2v) is 5.43. The molecule has 2 aromatic rings. The first-order valence-corrected chi connectivity index (χ1v) is 6.94. The Balaban J connectivity index is 2.37. The predicted molar refractivity (Wildman–Crippen MR) is 82.8 cm³/mol. The van der Waals surface area contributed by atoms with E-state index < -0.39 is 5.82 Å². The summed E-state index contributed by atoms with van der Waals surface area (Å²) in [6.07, 6.45) is -0.154. The zero-order valence-corrected chi connectivity index (χ0v) is 12.9. The fourth-order valence-corrected chi connectivity index (χ4v) is 1.95. The maximum absolute atomic E-state index is 13.8. The van der Waals surface area contributed by atoms with Gasteiger partial charge in [0.1, 0.15) is 5.75 Å². The molecule has 0 radical (unpaired) electrons. The summed E-state index contributed by atoms with van der Waals surface area (Å²) in [6.45, 7) is 5.55. The van der Waals surface area contributed by atoms with Crippen LogP contribution >= 0.6 is 11.6 Å². The van der Waals surface area contributed by atoms with Gasteiger partial charge in [-0.1, -0.05) is 17.7 Å². The van der Waals surface area contributed by atoms with Crippen LogP contribution in [0.1, 0.15) is 19.4 Å². The second kappa shape index (κ2) is 6.22. The van der Waals surface area contributed by atoms with Crippen molar-refractivity contribution in [2.75, 3.05) is 5.73 Å². The monoisotopic (exact) mass is 309 g/mol. The predicted octanol–water partition coefficient (Wildman–Crippen LogP) is 4.95. The largest absolute Gasteiger partial charge is 0.488 e. The number of hydrogen-bond acceptors (Lipinski definition) is 3. The van der Waals surface area contributed by atoms with E-state index in [4.69, 9.17) is 26.8 Å². The summed E-state index contributed by atoms with van der Waals surface area (Å²) in [6, 6.07) is 8.00. The third-order valence-electron chi connectivity index (χ3n) is 2.73. The Morgan fingerprint density at radius 3 is 2.48 bits per heavy atom. The topological polar surface area (TPSA) is 44.5 Å². The average Bonchev–Trinajstić information content (AvgIpc) is 2.39. The lowest BCUT2D eigenvalue weighted by atomic mass is 10.2. The van der Waals surface area contributed by atoms with E-state index in [1.807, 2.05) is 26.8 Å². The molecule has 0 aliphatic carbocycles. The molecule has 21 heavy (non-hydrogen) atoms. The lowest BCUT2D eigenvalue weighted by molar-refractivity contribution is 0.230. The Kier molecular flexibility index (Phi) is 4.58. The molecule has 0 aromatic heterocycles. The van der Waals surface area contributed by atoms with Crippen LogP contribution in [0.2, 0.25) is 5.02 Å². The van der Waals surface area contributed by atoms with Gasteiger partial charge in [0.15, 0.2) is 17.3 Å². The molecule has 2 N–H and O–H groups in total. The SMILES string of the molecule is Cc1ccc(Cl)c(Oc2cc(OC(C)C)c(F)cc2N)c1. The van der Waals surface area contributed by atoms with Crippen molar-refractivity contribution in [2.24, 2.45) is 0 Å². The van der Waals surface area contributed by atoms with Crippen molar-refractivity contribution < 1.29 is 13.9 Å². The van der Waals surface area contributed by atoms with Crippen LogP contribution in [0.15, 0.2) is 30.3 Å². The number of halogens is 2. The number of ether oxygens (including phenoxy) is 2. The normalized spacial score (nSPS) is 10.8. The molecule has 0 aliphatic heterocycles.